The number of fused-ring (bicyclic) bond motifs is 1. The number of carbonyl (C=O) groups excluding carboxylic acids is 1. The second kappa shape index (κ2) is 10.1. The Morgan fingerprint density at radius 1 is 1.38 bits per heavy atom. The van der Waals surface area contributed by atoms with E-state index in [9.17, 15) is 19.1 Å². The molecule has 0 saturated carbocycles. The molecule has 11 heteroatoms. The van der Waals surface area contributed by atoms with Crippen molar-refractivity contribution in [2.75, 3.05) is 6.61 Å². The van der Waals surface area contributed by atoms with E-state index in [2.05, 4.69) is 20.4 Å². The van der Waals surface area contributed by atoms with E-state index < -0.39 is 29.1 Å². The van der Waals surface area contributed by atoms with Gasteiger partial charge in [0.2, 0.25) is 5.75 Å². The van der Waals surface area contributed by atoms with Gasteiger partial charge in [0.05, 0.1) is 5.69 Å². The lowest BCUT2D eigenvalue weighted by Crippen LogP contribution is -2.31. The number of aromatic hydroxyl groups is 1. The van der Waals surface area contributed by atoms with E-state index in [1.54, 1.807) is 6.92 Å². The molecule has 32 heavy (non-hydrogen) atoms. The third-order valence-electron chi connectivity index (χ3n) is 4.80. The van der Waals surface area contributed by atoms with Crippen molar-refractivity contribution in [3.63, 3.8) is 0 Å². The number of nitrogens with one attached hydrogen (secondary N) is 1. The highest BCUT2D eigenvalue weighted by Crippen LogP contribution is 2.21. The normalized spacial score (nSPS) is 15.2. The lowest BCUT2D eigenvalue weighted by Gasteiger charge is -2.16. The van der Waals surface area contributed by atoms with Crippen molar-refractivity contribution in [2.24, 2.45) is 0 Å². The number of ether oxygens (including phenoxy) is 1. The number of hydrogen-bond acceptors (Lipinski definition) is 7. The second-order valence-corrected chi connectivity index (χ2v) is 6.79. The number of aromatic nitrogens is 5. The molecule has 0 aliphatic carbocycles. The molecule has 3 heterocycles. The molecule has 170 valence electrons. The predicted molar refractivity (Wildman–Crippen MR) is 113 cm³/mol. The summed E-state index contributed by atoms with van der Waals surface area (Å²) in [7, 11) is 0. The molecular weight excluding hydrogens is 419 g/mol. The topological polar surface area (TPSA) is 124 Å². The van der Waals surface area contributed by atoms with Gasteiger partial charge < -0.3 is 15.2 Å². The Morgan fingerprint density at radius 3 is 2.88 bits per heavy atom. The minimum Gasteiger partial charge on any atom is -0.501 e. The number of carbonyl (C=O) groups is 1. The highest BCUT2D eigenvalue weighted by atomic mass is 19.1. The Labute approximate surface area is 183 Å². The van der Waals surface area contributed by atoms with Gasteiger partial charge in [-0.1, -0.05) is 19.9 Å². The van der Waals surface area contributed by atoms with Gasteiger partial charge in [-0.3, -0.25) is 14.2 Å². The molecule has 0 spiro atoms. The Morgan fingerprint density at radius 2 is 2.16 bits per heavy atom. The maximum Gasteiger partial charge on any atom is 0.296 e. The van der Waals surface area contributed by atoms with Gasteiger partial charge in [-0.05, 0) is 31.0 Å². The molecule has 2 N–H and O–H groups in total. The summed E-state index contributed by atoms with van der Waals surface area (Å²) < 4.78 is 22.0. The van der Waals surface area contributed by atoms with Gasteiger partial charge in [0.15, 0.2) is 5.69 Å². The molecule has 1 aromatic carbocycles. The summed E-state index contributed by atoms with van der Waals surface area (Å²) in [4.78, 5) is 33.3. The van der Waals surface area contributed by atoms with Crippen molar-refractivity contribution in [2.45, 2.75) is 46.4 Å². The largest absolute Gasteiger partial charge is 0.501 e. The SMILES string of the molecule is CC.CC1OCCCn2c1nc(C(=O)NCc1ccc(F)cc1-n1cncn1)c(O)c2=O. The third kappa shape index (κ3) is 4.67. The average molecular weight is 444 g/mol. The van der Waals surface area contributed by atoms with Crippen LogP contribution >= 0.6 is 0 Å². The molecule has 2 aromatic heterocycles. The lowest BCUT2D eigenvalue weighted by atomic mass is 10.1. The lowest BCUT2D eigenvalue weighted by molar-refractivity contribution is 0.0659. The molecule has 0 bridgehead atoms. The minimum absolute atomic E-state index is 0.0140. The fourth-order valence-electron chi connectivity index (χ4n) is 3.29. The standard InChI is InChI=1S/C19H19FN6O4.C2H6/c1-11-17-24-15(16(27)19(29)25(17)5-2-6-30-11)18(28)22-8-12-3-4-13(20)7-14(12)26-10-21-9-23-26;1-2/h3-4,7,9-11,27H,2,5-6,8H2,1H3,(H,22,28);1-2H3. The van der Waals surface area contributed by atoms with Crippen LogP contribution in [-0.4, -0.2) is 41.9 Å². The zero-order valence-electron chi connectivity index (χ0n) is 18.1. The van der Waals surface area contributed by atoms with E-state index >= 15 is 0 Å². The van der Waals surface area contributed by atoms with E-state index in [0.29, 0.717) is 30.8 Å². The number of rotatable bonds is 4. The van der Waals surface area contributed by atoms with Crippen LogP contribution in [0.15, 0.2) is 35.6 Å². The molecular formula is C21H25FN6O4. The molecule has 4 rings (SSSR count). The smallest absolute Gasteiger partial charge is 0.296 e. The molecule has 1 atom stereocenters. The number of halogens is 1. The van der Waals surface area contributed by atoms with Gasteiger partial charge in [0, 0.05) is 19.7 Å². The van der Waals surface area contributed by atoms with E-state index in [1.807, 2.05) is 13.8 Å². The first kappa shape index (κ1) is 23.1. The van der Waals surface area contributed by atoms with Crippen LogP contribution in [-0.2, 0) is 17.8 Å². The summed E-state index contributed by atoms with van der Waals surface area (Å²) in [5, 5.41) is 16.9. The summed E-state index contributed by atoms with van der Waals surface area (Å²) in [6.45, 7) is 6.50. The van der Waals surface area contributed by atoms with Gasteiger partial charge in [-0.25, -0.2) is 19.0 Å². The molecule has 0 saturated heterocycles. The number of hydrogen-bond donors (Lipinski definition) is 2. The number of nitrogens with zero attached hydrogens (tertiary/aromatic N) is 5. The van der Waals surface area contributed by atoms with Crippen molar-refractivity contribution in [1.82, 2.24) is 29.6 Å². The van der Waals surface area contributed by atoms with Crippen LogP contribution in [0.5, 0.6) is 5.75 Å². The summed E-state index contributed by atoms with van der Waals surface area (Å²) in [6.07, 6.45) is 2.81. The fourth-order valence-corrected chi connectivity index (χ4v) is 3.29. The number of amides is 1. The van der Waals surface area contributed by atoms with Crippen molar-refractivity contribution < 1.29 is 19.0 Å². The third-order valence-corrected chi connectivity index (χ3v) is 4.80. The van der Waals surface area contributed by atoms with Crippen LogP contribution in [0.1, 0.15) is 55.2 Å². The summed E-state index contributed by atoms with van der Waals surface area (Å²) in [5.41, 5.74) is -0.118. The van der Waals surface area contributed by atoms with E-state index in [1.165, 1.54) is 40.1 Å². The molecule has 0 fully saturated rings. The van der Waals surface area contributed by atoms with Crippen LogP contribution < -0.4 is 10.9 Å². The van der Waals surface area contributed by atoms with Crippen LogP contribution in [0, 0.1) is 5.82 Å². The van der Waals surface area contributed by atoms with Crippen molar-refractivity contribution >= 4 is 5.91 Å². The highest BCUT2D eigenvalue weighted by Gasteiger charge is 2.25. The molecule has 3 aromatic rings. The molecule has 0 radical (unpaired) electrons. The van der Waals surface area contributed by atoms with Crippen molar-refractivity contribution in [3.05, 3.63) is 64.1 Å². The Bertz CT molecular complexity index is 1150. The second-order valence-electron chi connectivity index (χ2n) is 6.79. The van der Waals surface area contributed by atoms with Crippen molar-refractivity contribution in [3.8, 4) is 11.4 Å². The summed E-state index contributed by atoms with van der Waals surface area (Å²) >= 11 is 0. The minimum atomic E-state index is -0.738. The van der Waals surface area contributed by atoms with Crippen LogP contribution in [0.25, 0.3) is 5.69 Å². The molecule has 1 aliphatic heterocycles. The predicted octanol–water partition coefficient (Wildman–Crippen LogP) is 2.11. The quantitative estimate of drug-likeness (QED) is 0.631. The number of benzene rings is 1. The molecule has 1 unspecified atom stereocenters. The summed E-state index contributed by atoms with van der Waals surface area (Å²) in [6, 6.07) is 4.02. The first-order valence-corrected chi connectivity index (χ1v) is 10.3. The first-order valence-electron chi connectivity index (χ1n) is 10.3. The average Bonchev–Trinajstić information content (AvgIpc) is 3.27. The molecule has 1 amide bonds. The van der Waals surface area contributed by atoms with Crippen molar-refractivity contribution in [1.29, 1.82) is 0 Å². The van der Waals surface area contributed by atoms with Crippen LogP contribution in [0.3, 0.4) is 0 Å². The monoisotopic (exact) mass is 444 g/mol. The van der Waals surface area contributed by atoms with E-state index in [4.69, 9.17) is 4.74 Å². The van der Waals surface area contributed by atoms with E-state index in [0.717, 1.165) is 0 Å². The maximum atomic E-state index is 13.7. The maximum absolute atomic E-state index is 13.7. The first-order chi connectivity index (χ1) is 15.5. The Hall–Kier alpha value is -3.60. The van der Waals surface area contributed by atoms with Gasteiger partial charge in [-0.15, -0.1) is 0 Å². The summed E-state index contributed by atoms with van der Waals surface area (Å²) in [5.74, 6) is -1.65. The molecule has 1 aliphatic rings. The van der Waals surface area contributed by atoms with Gasteiger partial charge >= 0.3 is 0 Å². The Balaban J connectivity index is 0.00000141. The van der Waals surface area contributed by atoms with Gasteiger partial charge in [0.1, 0.15) is 30.4 Å². The fraction of sp³-hybridized carbons (Fsp3) is 0.381. The van der Waals surface area contributed by atoms with Crippen LogP contribution in [0.2, 0.25) is 0 Å². The van der Waals surface area contributed by atoms with Gasteiger partial charge in [-0.2, -0.15) is 5.10 Å². The zero-order valence-corrected chi connectivity index (χ0v) is 18.1. The Kier molecular flexibility index (Phi) is 7.31. The molecule has 10 nitrogen and oxygen atoms in total. The van der Waals surface area contributed by atoms with E-state index in [-0.39, 0.29) is 18.1 Å². The highest BCUT2D eigenvalue weighted by molar-refractivity contribution is 5.94. The van der Waals surface area contributed by atoms with Gasteiger partial charge in [0.25, 0.3) is 11.5 Å². The van der Waals surface area contributed by atoms with Crippen LogP contribution in [0.4, 0.5) is 4.39 Å². The zero-order chi connectivity index (χ0) is 23.3.